The Morgan fingerprint density at radius 1 is 1.18 bits per heavy atom. The lowest BCUT2D eigenvalue weighted by Gasteiger charge is -2.57. The van der Waals surface area contributed by atoms with Gasteiger partial charge in [0, 0.05) is 23.6 Å². The molecule has 2 saturated heterocycles. The number of fused-ring (bicyclic) bond motifs is 1. The molecule has 2 aromatic carbocycles. The number of amides is 3. The van der Waals surface area contributed by atoms with Gasteiger partial charge in [-0.1, -0.05) is 29.3 Å². The van der Waals surface area contributed by atoms with Crippen molar-refractivity contribution in [2.45, 2.75) is 54.7 Å². The third kappa shape index (κ3) is 4.63. The number of halogens is 4. The van der Waals surface area contributed by atoms with Gasteiger partial charge in [-0.15, -0.1) is 0 Å². The quantitative estimate of drug-likeness (QED) is 0.532. The van der Waals surface area contributed by atoms with Crippen LogP contribution in [-0.4, -0.2) is 65.6 Å². The number of hydrogen-bond donors (Lipinski definition) is 2. The number of sulfone groups is 1. The van der Waals surface area contributed by atoms with Crippen LogP contribution in [0.25, 0.3) is 0 Å². The highest BCUT2D eigenvalue weighted by atomic mass is 35.5. The van der Waals surface area contributed by atoms with Crippen LogP contribution in [0.4, 0.5) is 8.78 Å². The van der Waals surface area contributed by atoms with E-state index in [1.165, 1.54) is 17.0 Å². The van der Waals surface area contributed by atoms with Crippen LogP contribution in [0.1, 0.15) is 25.8 Å². The number of piperazine rings is 1. The first-order valence-electron chi connectivity index (χ1n) is 11.5. The lowest BCUT2D eigenvalue weighted by molar-refractivity contribution is -0.167. The maximum atomic E-state index is 14.7. The van der Waals surface area contributed by atoms with E-state index in [0.717, 1.165) is 23.1 Å². The minimum atomic E-state index is -4.71. The van der Waals surface area contributed by atoms with Crippen LogP contribution in [0.5, 0.6) is 0 Å². The summed E-state index contributed by atoms with van der Waals surface area (Å²) >= 11 is 12.2. The maximum absolute atomic E-state index is 14.7. The number of benzene rings is 2. The molecule has 0 aromatic heterocycles. The molecule has 204 valence electrons. The van der Waals surface area contributed by atoms with Crippen molar-refractivity contribution >= 4 is 50.8 Å². The second kappa shape index (κ2) is 10.1. The summed E-state index contributed by atoms with van der Waals surface area (Å²) in [5.74, 6) is -4.32. The Bertz CT molecular complexity index is 1440. The zero-order chi connectivity index (χ0) is 28.2. The highest BCUT2D eigenvalue weighted by Crippen LogP contribution is 2.41. The van der Waals surface area contributed by atoms with Crippen molar-refractivity contribution in [1.29, 1.82) is 0 Å². The Morgan fingerprint density at radius 3 is 2.45 bits per heavy atom. The predicted octanol–water partition coefficient (Wildman–Crippen LogP) is 2.24. The summed E-state index contributed by atoms with van der Waals surface area (Å²) in [5.41, 5.74) is 5.36. The molecule has 0 bridgehead atoms. The van der Waals surface area contributed by atoms with E-state index in [9.17, 15) is 31.6 Å². The molecule has 0 spiro atoms. The van der Waals surface area contributed by atoms with E-state index in [1.807, 2.05) is 0 Å². The number of nitrogens with one attached hydrogen (secondary N) is 1. The van der Waals surface area contributed by atoms with Crippen LogP contribution in [0.2, 0.25) is 10.0 Å². The summed E-state index contributed by atoms with van der Waals surface area (Å²) < 4.78 is 57.0. The topological polar surface area (TPSA) is 130 Å². The summed E-state index contributed by atoms with van der Waals surface area (Å²) in [7, 11) is -4.71. The number of carbonyl (C=O) groups is 3. The molecule has 3 atom stereocenters. The van der Waals surface area contributed by atoms with E-state index in [1.54, 1.807) is 13.8 Å². The van der Waals surface area contributed by atoms with Gasteiger partial charge in [0.1, 0.15) is 17.7 Å². The SMILES string of the molecule is CC(C)N1CC2(S(=O)(=O)c3ccc(Cl)cc3Cl)NC(C(N)=O)CC(=O)N2C(Cc2ccc(F)cc2F)C1=O. The van der Waals surface area contributed by atoms with Gasteiger partial charge in [0.05, 0.1) is 28.9 Å². The lowest BCUT2D eigenvalue weighted by Crippen LogP contribution is -2.83. The molecule has 2 heterocycles. The summed E-state index contributed by atoms with van der Waals surface area (Å²) in [4.78, 5) is 38.7. The molecular formula is C24H24Cl2F2N4O5S. The molecule has 3 amide bonds. The zero-order valence-electron chi connectivity index (χ0n) is 20.3. The molecule has 2 fully saturated rings. The fourth-order valence-electron chi connectivity index (χ4n) is 4.88. The van der Waals surface area contributed by atoms with Crippen molar-refractivity contribution < 1.29 is 31.6 Å². The van der Waals surface area contributed by atoms with Crippen molar-refractivity contribution in [3.63, 3.8) is 0 Å². The second-order valence-electron chi connectivity index (χ2n) is 9.45. The van der Waals surface area contributed by atoms with Crippen LogP contribution < -0.4 is 11.1 Å². The molecule has 3 unspecified atom stereocenters. The predicted molar refractivity (Wildman–Crippen MR) is 135 cm³/mol. The minimum Gasteiger partial charge on any atom is -0.368 e. The van der Waals surface area contributed by atoms with E-state index in [0.29, 0.717) is 6.07 Å². The van der Waals surface area contributed by atoms with Crippen LogP contribution in [0.15, 0.2) is 41.3 Å². The smallest absolute Gasteiger partial charge is 0.246 e. The fourth-order valence-corrected chi connectivity index (χ4v) is 7.61. The van der Waals surface area contributed by atoms with E-state index in [4.69, 9.17) is 28.9 Å². The molecule has 4 rings (SSSR count). The summed E-state index contributed by atoms with van der Waals surface area (Å²) in [6, 6.07) is 2.88. The van der Waals surface area contributed by atoms with Gasteiger partial charge < -0.3 is 10.6 Å². The standard InChI is InChI=1S/C24H24Cl2F2N4O5S/c1-12(2)31-11-24(38(36,37)20-6-4-14(25)8-16(20)26)30-18(22(29)34)10-21(33)32(24)19(23(31)35)7-13-3-5-15(27)9-17(13)28/h3-6,8-9,12,18-19,30H,7,10-11H2,1-2H3,(H2,29,34). The normalized spacial score (nSPS) is 24.1. The van der Waals surface area contributed by atoms with Gasteiger partial charge in [-0.25, -0.2) is 17.2 Å². The van der Waals surface area contributed by atoms with Crippen LogP contribution >= 0.6 is 23.2 Å². The van der Waals surface area contributed by atoms with Gasteiger partial charge >= 0.3 is 0 Å². The second-order valence-corrected chi connectivity index (χ2v) is 12.4. The number of hydrogen-bond acceptors (Lipinski definition) is 6. The Balaban J connectivity index is 1.97. The Hall–Kier alpha value is -2.80. The fraction of sp³-hybridized carbons (Fsp3) is 0.375. The van der Waals surface area contributed by atoms with Gasteiger partial charge in [-0.3, -0.25) is 24.6 Å². The van der Waals surface area contributed by atoms with E-state index >= 15 is 0 Å². The Kier molecular flexibility index (Phi) is 7.47. The monoisotopic (exact) mass is 588 g/mol. The third-order valence-corrected chi connectivity index (χ3v) is 9.65. The molecule has 3 N–H and O–H groups in total. The first-order valence-corrected chi connectivity index (χ1v) is 13.8. The van der Waals surface area contributed by atoms with Gasteiger partial charge in [0.2, 0.25) is 32.6 Å². The Morgan fingerprint density at radius 2 is 1.87 bits per heavy atom. The number of nitrogens with two attached hydrogens (primary N) is 1. The molecule has 14 heteroatoms. The number of carbonyl (C=O) groups excluding carboxylic acids is 3. The van der Waals surface area contributed by atoms with Gasteiger partial charge in [0.15, 0.2) is 0 Å². The van der Waals surface area contributed by atoms with Crippen molar-refractivity contribution in [3.8, 4) is 0 Å². The van der Waals surface area contributed by atoms with Crippen LogP contribution in [-0.2, 0) is 30.6 Å². The molecular weight excluding hydrogens is 565 g/mol. The molecule has 2 aliphatic heterocycles. The molecule has 2 aliphatic rings. The molecule has 0 saturated carbocycles. The van der Waals surface area contributed by atoms with E-state index in [2.05, 4.69) is 5.32 Å². The highest BCUT2D eigenvalue weighted by molar-refractivity contribution is 7.93. The number of primary amides is 1. The summed E-state index contributed by atoms with van der Waals surface area (Å²) in [6.45, 7) is 2.69. The van der Waals surface area contributed by atoms with Gasteiger partial charge in [-0.05, 0) is 43.7 Å². The van der Waals surface area contributed by atoms with Crippen LogP contribution in [0, 0.1) is 11.6 Å². The first-order chi connectivity index (χ1) is 17.7. The lowest BCUT2D eigenvalue weighted by atomic mass is 9.95. The number of rotatable bonds is 6. The van der Waals surface area contributed by atoms with Crippen LogP contribution in [0.3, 0.4) is 0 Å². The van der Waals surface area contributed by atoms with E-state index in [-0.39, 0.29) is 15.6 Å². The molecule has 0 aliphatic carbocycles. The van der Waals surface area contributed by atoms with Crippen molar-refractivity contribution in [3.05, 3.63) is 63.6 Å². The van der Waals surface area contributed by atoms with Gasteiger partial charge in [0.25, 0.3) is 0 Å². The Labute approximate surface area is 227 Å². The minimum absolute atomic E-state index is 0.115. The molecule has 2 aromatic rings. The molecule has 0 radical (unpaired) electrons. The highest BCUT2D eigenvalue weighted by Gasteiger charge is 2.64. The molecule has 38 heavy (non-hydrogen) atoms. The molecule has 9 nitrogen and oxygen atoms in total. The van der Waals surface area contributed by atoms with Crippen molar-refractivity contribution in [1.82, 2.24) is 15.1 Å². The van der Waals surface area contributed by atoms with Gasteiger partial charge in [-0.2, -0.15) is 0 Å². The zero-order valence-corrected chi connectivity index (χ0v) is 22.6. The third-order valence-electron chi connectivity index (χ3n) is 6.72. The van der Waals surface area contributed by atoms with Crippen molar-refractivity contribution in [2.75, 3.05) is 6.54 Å². The largest absolute Gasteiger partial charge is 0.368 e. The summed E-state index contributed by atoms with van der Waals surface area (Å²) in [5, 5.41) is 2.63. The average molecular weight is 589 g/mol. The van der Waals surface area contributed by atoms with Crippen molar-refractivity contribution in [2.24, 2.45) is 5.73 Å². The average Bonchev–Trinajstić information content (AvgIpc) is 2.81. The maximum Gasteiger partial charge on any atom is 0.246 e. The first kappa shape index (κ1) is 28.2. The summed E-state index contributed by atoms with van der Waals surface area (Å²) in [6.07, 6.45) is -1.01. The number of nitrogens with zero attached hydrogens (tertiary/aromatic N) is 2. The van der Waals surface area contributed by atoms with E-state index < -0.39 is 86.6 Å².